The van der Waals surface area contributed by atoms with E-state index in [9.17, 15) is 9.90 Å². The molecule has 0 saturated carbocycles. The molecule has 0 amide bonds. The third-order valence-electron chi connectivity index (χ3n) is 2.47. The van der Waals surface area contributed by atoms with Gasteiger partial charge in [-0.05, 0) is 25.5 Å². The lowest BCUT2D eigenvalue weighted by atomic mass is 10.1. The quantitative estimate of drug-likeness (QED) is 0.734. The Labute approximate surface area is 93.7 Å². The van der Waals surface area contributed by atoms with E-state index in [1.165, 1.54) is 6.92 Å². The Kier molecular flexibility index (Phi) is 2.52. The van der Waals surface area contributed by atoms with E-state index >= 15 is 0 Å². The smallest absolute Gasteiger partial charge is 0.343 e. The van der Waals surface area contributed by atoms with Crippen LogP contribution in [0.2, 0.25) is 0 Å². The van der Waals surface area contributed by atoms with Crippen molar-refractivity contribution in [2.45, 2.75) is 13.8 Å². The van der Waals surface area contributed by atoms with Crippen molar-refractivity contribution in [1.82, 2.24) is 0 Å². The van der Waals surface area contributed by atoms with Crippen LogP contribution in [0.15, 0.2) is 41.4 Å². The van der Waals surface area contributed by atoms with Gasteiger partial charge in [0.2, 0.25) is 0 Å². The number of carbonyl (C=O) groups excluding carboxylic acids is 1. The summed E-state index contributed by atoms with van der Waals surface area (Å²) in [5, 5.41) is 9.61. The van der Waals surface area contributed by atoms with E-state index in [4.69, 9.17) is 4.74 Å². The van der Waals surface area contributed by atoms with Gasteiger partial charge in [-0.2, -0.15) is 0 Å². The summed E-state index contributed by atoms with van der Waals surface area (Å²) in [5.41, 5.74) is 2.29. The largest absolute Gasteiger partial charge is 0.504 e. The van der Waals surface area contributed by atoms with Gasteiger partial charge in [-0.25, -0.2) is 4.79 Å². The second-order valence-corrected chi connectivity index (χ2v) is 3.78. The highest BCUT2D eigenvalue weighted by Crippen LogP contribution is 2.25. The Hall–Kier alpha value is -2.03. The lowest BCUT2D eigenvalue weighted by Gasteiger charge is -1.99. The van der Waals surface area contributed by atoms with Crippen LogP contribution in [-0.4, -0.2) is 11.1 Å². The van der Waals surface area contributed by atoms with Gasteiger partial charge in [-0.15, -0.1) is 0 Å². The lowest BCUT2D eigenvalue weighted by Crippen LogP contribution is -1.94. The first kappa shape index (κ1) is 10.5. The average Bonchev–Trinajstić information content (AvgIpc) is 2.50. The Morgan fingerprint density at radius 3 is 2.31 bits per heavy atom. The van der Waals surface area contributed by atoms with Crippen molar-refractivity contribution in [2.75, 3.05) is 0 Å². The molecule has 0 aromatic heterocycles. The maximum Gasteiger partial charge on any atom is 0.343 e. The van der Waals surface area contributed by atoms with Crippen LogP contribution >= 0.6 is 0 Å². The van der Waals surface area contributed by atoms with Gasteiger partial charge in [-0.1, -0.05) is 29.8 Å². The first-order chi connectivity index (χ1) is 7.58. The molecule has 3 nitrogen and oxygen atoms in total. The summed E-state index contributed by atoms with van der Waals surface area (Å²) in [6.45, 7) is 3.53. The van der Waals surface area contributed by atoms with Gasteiger partial charge in [0, 0.05) is 0 Å². The van der Waals surface area contributed by atoms with Crippen molar-refractivity contribution in [3.63, 3.8) is 0 Å². The Bertz CT molecular complexity index is 492. The van der Waals surface area contributed by atoms with Gasteiger partial charge in [0.05, 0.1) is 5.57 Å². The van der Waals surface area contributed by atoms with Crippen molar-refractivity contribution < 1.29 is 14.6 Å². The Balaban J connectivity index is 2.33. The number of benzene rings is 1. The zero-order valence-corrected chi connectivity index (χ0v) is 9.15. The highest BCUT2D eigenvalue weighted by molar-refractivity contribution is 5.94. The van der Waals surface area contributed by atoms with E-state index in [0.29, 0.717) is 0 Å². The van der Waals surface area contributed by atoms with Crippen molar-refractivity contribution >= 4 is 12.0 Å². The fourth-order valence-electron chi connectivity index (χ4n) is 1.42. The predicted octanol–water partition coefficient (Wildman–Crippen LogP) is 2.72. The van der Waals surface area contributed by atoms with Crippen molar-refractivity contribution in [1.29, 1.82) is 0 Å². The molecule has 0 fully saturated rings. The van der Waals surface area contributed by atoms with Crippen molar-refractivity contribution in [3.8, 4) is 0 Å². The topological polar surface area (TPSA) is 46.5 Å². The van der Waals surface area contributed by atoms with E-state index in [2.05, 4.69) is 0 Å². The molecule has 0 radical (unpaired) electrons. The number of aliphatic hydroxyl groups is 1. The molecular weight excluding hydrogens is 204 g/mol. The van der Waals surface area contributed by atoms with E-state index in [1.54, 1.807) is 6.08 Å². The highest BCUT2D eigenvalue weighted by Gasteiger charge is 2.25. The molecule has 0 spiro atoms. The van der Waals surface area contributed by atoms with E-state index in [-0.39, 0.29) is 17.1 Å². The fraction of sp³-hybridized carbons (Fsp3) is 0.154. The van der Waals surface area contributed by atoms with Crippen molar-refractivity contribution in [3.05, 3.63) is 52.5 Å². The molecule has 1 aromatic carbocycles. The number of aliphatic hydroxyl groups excluding tert-OH is 1. The zero-order valence-electron chi connectivity index (χ0n) is 9.15. The molecule has 0 aliphatic carbocycles. The zero-order chi connectivity index (χ0) is 11.7. The fourth-order valence-corrected chi connectivity index (χ4v) is 1.42. The van der Waals surface area contributed by atoms with Crippen LogP contribution in [0.3, 0.4) is 0 Å². The number of esters is 1. The second-order valence-electron chi connectivity index (χ2n) is 3.78. The average molecular weight is 216 g/mol. The maximum absolute atomic E-state index is 11.2. The van der Waals surface area contributed by atoms with Gasteiger partial charge >= 0.3 is 5.97 Å². The molecule has 3 heteroatoms. The lowest BCUT2D eigenvalue weighted by molar-refractivity contribution is -0.133. The molecule has 1 N–H and O–H groups in total. The summed E-state index contributed by atoms with van der Waals surface area (Å²) in [5.74, 6) is -0.354. The number of rotatable bonds is 1. The first-order valence-corrected chi connectivity index (χ1v) is 4.98. The summed E-state index contributed by atoms with van der Waals surface area (Å²) in [4.78, 5) is 11.2. The van der Waals surface area contributed by atoms with E-state index in [1.807, 2.05) is 31.2 Å². The molecule has 1 heterocycles. The summed E-state index contributed by atoms with van der Waals surface area (Å²) < 4.78 is 4.92. The highest BCUT2D eigenvalue weighted by atomic mass is 16.6. The van der Waals surface area contributed by atoms with E-state index < -0.39 is 5.97 Å². The first-order valence-electron chi connectivity index (χ1n) is 4.98. The van der Waals surface area contributed by atoms with Gasteiger partial charge in [0.15, 0.2) is 11.5 Å². The molecule has 2 rings (SSSR count). The number of aryl methyl sites for hydroxylation is 1. The number of carbonyl (C=O) groups is 1. The third kappa shape index (κ3) is 1.84. The normalized spacial score (nSPS) is 18.1. The molecule has 1 aromatic rings. The Morgan fingerprint density at radius 1 is 1.19 bits per heavy atom. The minimum absolute atomic E-state index is 0.0782. The summed E-state index contributed by atoms with van der Waals surface area (Å²) in [6.07, 6.45) is 1.64. The molecule has 1 aliphatic heterocycles. The van der Waals surface area contributed by atoms with Crippen LogP contribution in [0.5, 0.6) is 0 Å². The molecular formula is C13H12O3. The van der Waals surface area contributed by atoms with Gasteiger partial charge in [0.1, 0.15) is 0 Å². The summed E-state index contributed by atoms with van der Waals surface area (Å²) in [6, 6.07) is 7.71. The number of hydrogen-bond acceptors (Lipinski definition) is 3. The van der Waals surface area contributed by atoms with Gasteiger partial charge < -0.3 is 9.84 Å². The summed E-state index contributed by atoms with van der Waals surface area (Å²) in [7, 11) is 0. The maximum atomic E-state index is 11.2. The van der Waals surface area contributed by atoms with Crippen LogP contribution in [0.1, 0.15) is 18.1 Å². The monoisotopic (exact) mass is 216 g/mol. The molecule has 0 saturated heterocycles. The number of cyclic esters (lactones) is 1. The molecule has 0 bridgehead atoms. The number of hydrogen-bond donors (Lipinski definition) is 1. The SMILES string of the molecule is CC1=C(O)/C(=C/c2ccc(C)cc2)OC1=O. The van der Waals surface area contributed by atoms with Crippen LogP contribution in [0.4, 0.5) is 0 Å². The van der Waals surface area contributed by atoms with Gasteiger partial charge in [-0.3, -0.25) is 0 Å². The van der Waals surface area contributed by atoms with Crippen LogP contribution in [0, 0.1) is 6.92 Å². The second kappa shape index (κ2) is 3.85. The predicted molar refractivity (Wildman–Crippen MR) is 60.6 cm³/mol. The van der Waals surface area contributed by atoms with Gasteiger partial charge in [0.25, 0.3) is 0 Å². The number of ether oxygens (including phenoxy) is 1. The third-order valence-corrected chi connectivity index (χ3v) is 2.47. The molecule has 0 unspecified atom stereocenters. The Morgan fingerprint density at radius 2 is 1.81 bits per heavy atom. The minimum Gasteiger partial charge on any atom is -0.504 e. The van der Waals surface area contributed by atoms with Crippen LogP contribution in [0.25, 0.3) is 6.08 Å². The molecule has 82 valence electrons. The van der Waals surface area contributed by atoms with Crippen molar-refractivity contribution in [2.24, 2.45) is 0 Å². The molecule has 16 heavy (non-hydrogen) atoms. The van der Waals surface area contributed by atoms with E-state index in [0.717, 1.165) is 11.1 Å². The standard InChI is InChI=1S/C13H12O3/c1-8-3-5-10(6-4-8)7-11-12(14)9(2)13(15)16-11/h3-7,14H,1-2H3/b11-7-. The van der Waals surface area contributed by atoms with Crippen LogP contribution < -0.4 is 0 Å². The summed E-state index contributed by atoms with van der Waals surface area (Å²) >= 11 is 0. The molecule has 0 atom stereocenters. The minimum atomic E-state index is -0.490. The molecule has 1 aliphatic rings. The van der Waals surface area contributed by atoms with Crippen LogP contribution in [-0.2, 0) is 9.53 Å².